The molecule has 0 radical (unpaired) electrons. The van der Waals surface area contributed by atoms with Crippen LogP contribution in [0, 0.1) is 16.0 Å². The lowest BCUT2D eigenvalue weighted by molar-refractivity contribution is -0.384. The molecule has 1 saturated carbocycles. The number of carbonyl (C=O) groups is 1. The zero-order chi connectivity index (χ0) is 20.6. The Hall–Kier alpha value is -2.68. The summed E-state index contributed by atoms with van der Waals surface area (Å²) in [6.45, 7) is 4.31. The molecule has 0 aromatic heterocycles. The van der Waals surface area contributed by atoms with Crippen molar-refractivity contribution in [2.45, 2.75) is 38.6 Å². The average molecular weight is 404 g/mol. The van der Waals surface area contributed by atoms with Crippen molar-refractivity contribution in [1.29, 1.82) is 0 Å². The van der Waals surface area contributed by atoms with E-state index in [0.29, 0.717) is 43.5 Å². The average Bonchev–Trinajstić information content (AvgIpc) is 2.73. The minimum absolute atomic E-state index is 0.0138. The molecule has 2 aliphatic rings. The molecule has 158 valence electrons. The molecule has 29 heavy (non-hydrogen) atoms. The Balaban J connectivity index is 1.54. The topological polar surface area (TPSA) is 106 Å². The van der Waals surface area contributed by atoms with Gasteiger partial charge < -0.3 is 19.8 Å². The SMILES string of the molecule is CC1CCCCC1NC(=O)CO/N=C/c1ccc(N2CCOCC2)c([N+](=O)[O-])c1. The molecular formula is C20H28N4O5. The van der Waals surface area contributed by atoms with Crippen LogP contribution in [0.2, 0.25) is 0 Å². The number of hydrogen-bond acceptors (Lipinski definition) is 7. The highest BCUT2D eigenvalue weighted by Gasteiger charge is 2.23. The molecule has 1 aliphatic heterocycles. The van der Waals surface area contributed by atoms with Gasteiger partial charge in [-0.2, -0.15) is 0 Å². The van der Waals surface area contributed by atoms with E-state index in [9.17, 15) is 14.9 Å². The van der Waals surface area contributed by atoms with Gasteiger partial charge in [0.1, 0.15) is 5.69 Å². The molecule has 1 aromatic rings. The molecule has 1 saturated heterocycles. The van der Waals surface area contributed by atoms with Crippen LogP contribution in [-0.4, -0.2) is 56.0 Å². The summed E-state index contributed by atoms with van der Waals surface area (Å²) in [4.78, 5) is 30.1. The lowest BCUT2D eigenvalue weighted by Gasteiger charge is -2.29. The molecule has 0 spiro atoms. The number of anilines is 1. The molecule has 1 heterocycles. The van der Waals surface area contributed by atoms with Gasteiger partial charge in [0.05, 0.1) is 24.4 Å². The molecule has 1 aromatic carbocycles. The van der Waals surface area contributed by atoms with E-state index in [1.165, 1.54) is 18.7 Å². The van der Waals surface area contributed by atoms with Crippen LogP contribution in [0.4, 0.5) is 11.4 Å². The van der Waals surface area contributed by atoms with Gasteiger partial charge in [-0.25, -0.2) is 0 Å². The van der Waals surface area contributed by atoms with Crippen molar-refractivity contribution in [3.05, 3.63) is 33.9 Å². The molecule has 1 amide bonds. The first kappa shape index (κ1) is 21.0. The number of carbonyl (C=O) groups excluding carboxylic acids is 1. The summed E-state index contributed by atoms with van der Waals surface area (Å²) in [6.07, 6.45) is 5.85. The van der Waals surface area contributed by atoms with Gasteiger partial charge in [0.25, 0.3) is 11.6 Å². The summed E-state index contributed by atoms with van der Waals surface area (Å²) in [5.41, 5.74) is 1.12. The fraction of sp³-hybridized carbons (Fsp3) is 0.600. The number of nitro benzene ring substituents is 1. The highest BCUT2D eigenvalue weighted by molar-refractivity contribution is 5.83. The summed E-state index contributed by atoms with van der Waals surface area (Å²) in [5.74, 6) is 0.274. The van der Waals surface area contributed by atoms with Crippen LogP contribution in [0.25, 0.3) is 0 Å². The van der Waals surface area contributed by atoms with Crippen molar-refractivity contribution in [2.24, 2.45) is 11.1 Å². The number of nitrogens with zero attached hydrogens (tertiary/aromatic N) is 3. The summed E-state index contributed by atoms with van der Waals surface area (Å²) in [5, 5.41) is 18.3. The largest absolute Gasteiger partial charge is 0.386 e. The van der Waals surface area contributed by atoms with Gasteiger partial charge in [-0.05, 0) is 24.8 Å². The third-order valence-corrected chi connectivity index (χ3v) is 5.48. The third kappa shape index (κ3) is 5.90. The van der Waals surface area contributed by atoms with E-state index in [1.807, 2.05) is 4.90 Å². The molecule has 2 fully saturated rings. The number of rotatable bonds is 7. The molecule has 3 rings (SSSR count). The van der Waals surface area contributed by atoms with Crippen molar-refractivity contribution in [3.63, 3.8) is 0 Å². The van der Waals surface area contributed by atoms with E-state index in [1.54, 1.807) is 12.1 Å². The van der Waals surface area contributed by atoms with Crippen molar-refractivity contribution in [3.8, 4) is 0 Å². The van der Waals surface area contributed by atoms with Crippen molar-refractivity contribution >= 4 is 23.5 Å². The molecular weight excluding hydrogens is 376 g/mol. The minimum Gasteiger partial charge on any atom is -0.386 e. The Morgan fingerprint density at radius 2 is 2.14 bits per heavy atom. The second-order valence-corrected chi connectivity index (χ2v) is 7.55. The normalized spacial score (nSPS) is 22.4. The van der Waals surface area contributed by atoms with Crippen molar-refractivity contribution in [1.82, 2.24) is 5.32 Å². The summed E-state index contributed by atoms with van der Waals surface area (Å²) < 4.78 is 5.30. The monoisotopic (exact) mass is 404 g/mol. The van der Waals surface area contributed by atoms with Crippen LogP contribution in [0.3, 0.4) is 0 Å². The zero-order valence-electron chi connectivity index (χ0n) is 16.7. The van der Waals surface area contributed by atoms with E-state index in [-0.39, 0.29) is 24.2 Å². The maximum atomic E-state index is 12.0. The predicted octanol–water partition coefficient (Wildman–Crippen LogP) is 2.48. The minimum atomic E-state index is -0.401. The van der Waals surface area contributed by atoms with Gasteiger partial charge >= 0.3 is 0 Å². The van der Waals surface area contributed by atoms with Crippen LogP contribution < -0.4 is 10.2 Å². The predicted molar refractivity (Wildman–Crippen MR) is 109 cm³/mol. The molecule has 9 nitrogen and oxygen atoms in total. The van der Waals surface area contributed by atoms with Crippen LogP contribution in [0.5, 0.6) is 0 Å². The molecule has 1 N–H and O–H groups in total. The van der Waals surface area contributed by atoms with E-state index in [0.717, 1.165) is 19.3 Å². The fourth-order valence-corrected chi connectivity index (χ4v) is 3.81. The van der Waals surface area contributed by atoms with Crippen LogP contribution in [0.15, 0.2) is 23.4 Å². The maximum Gasteiger partial charge on any atom is 0.293 e. The van der Waals surface area contributed by atoms with E-state index >= 15 is 0 Å². The molecule has 2 atom stereocenters. The lowest BCUT2D eigenvalue weighted by atomic mass is 9.86. The first-order valence-electron chi connectivity index (χ1n) is 10.1. The van der Waals surface area contributed by atoms with Gasteiger partial charge in [0, 0.05) is 30.8 Å². The summed E-state index contributed by atoms with van der Waals surface area (Å²) >= 11 is 0. The van der Waals surface area contributed by atoms with E-state index in [2.05, 4.69) is 17.4 Å². The van der Waals surface area contributed by atoms with Gasteiger partial charge in [0.15, 0.2) is 6.61 Å². The summed E-state index contributed by atoms with van der Waals surface area (Å²) in [7, 11) is 0. The Bertz CT molecular complexity index is 748. The first-order chi connectivity index (χ1) is 14.0. The number of benzene rings is 1. The Morgan fingerprint density at radius 1 is 1.38 bits per heavy atom. The number of nitrogens with one attached hydrogen (secondary N) is 1. The van der Waals surface area contributed by atoms with E-state index < -0.39 is 4.92 Å². The van der Waals surface area contributed by atoms with Gasteiger partial charge in [-0.15, -0.1) is 0 Å². The van der Waals surface area contributed by atoms with Gasteiger partial charge in [0.2, 0.25) is 0 Å². The summed E-state index contributed by atoms with van der Waals surface area (Å²) in [6, 6.07) is 5.11. The van der Waals surface area contributed by atoms with Crippen LogP contribution in [-0.2, 0) is 14.4 Å². The third-order valence-electron chi connectivity index (χ3n) is 5.48. The van der Waals surface area contributed by atoms with Crippen LogP contribution in [0.1, 0.15) is 38.2 Å². The number of oxime groups is 1. The highest BCUT2D eigenvalue weighted by atomic mass is 16.6. The Morgan fingerprint density at radius 3 is 2.86 bits per heavy atom. The van der Waals surface area contributed by atoms with Crippen molar-refractivity contribution < 1.29 is 19.3 Å². The van der Waals surface area contributed by atoms with Crippen molar-refractivity contribution in [2.75, 3.05) is 37.8 Å². The highest BCUT2D eigenvalue weighted by Crippen LogP contribution is 2.29. The smallest absolute Gasteiger partial charge is 0.293 e. The zero-order valence-corrected chi connectivity index (χ0v) is 16.7. The maximum absolute atomic E-state index is 12.0. The quantitative estimate of drug-likeness (QED) is 0.425. The molecule has 1 aliphatic carbocycles. The number of nitro groups is 1. The number of ether oxygens (including phenoxy) is 1. The second-order valence-electron chi connectivity index (χ2n) is 7.55. The number of morpholine rings is 1. The molecule has 0 bridgehead atoms. The lowest BCUT2D eigenvalue weighted by Crippen LogP contribution is -2.42. The van der Waals surface area contributed by atoms with E-state index in [4.69, 9.17) is 9.57 Å². The van der Waals surface area contributed by atoms with Gasteiger partial charge in [-0.1, -0.05) is 31.0 Å². The van der Waals surface area contributed by atoms with Crippen LogP contribution >= 0.6 is 0 Å². The van der Waals surface area contributed by atoms with Gasteiger partial charge in [-0.3, -0.25) is 14.9 Å². The second kappa shape index (κ2) is 10.2. The molecule has 2 unspecified atom stereocenters. The Labute approximate surface area is 170 Å². The number of amides is 1. The number of hydrogen-bond donors (Lipinski definition) is 1. The standard InChI is InChI=1S/C20H28N4O5/c1-15-4-2-3-5-17(15)22-20(25)14-29-21-13-16-6-7-18(19(12-16)24(26)27)23-8-10-28-11-9-23/h6-7,12-13,15,17H,2-5,8-11,14H2,1H3,(H,22,25)/b21-13+. The fourth-order valence-electron chi connectivity index (χ4n) is 3.81. The molecule has 9 heteroatoms. The first-order valence-corrected chi connectivity index (χ1v) is 10.1. The Kier molecular flexibility index (Phi) is 7.40.